The van der Waals surface area contributed by atoms with Crippen molar-refractivity contribution in [1.29, 1.82) is 0 Å². The van der Waals surface area contributed by atoms with Crippen LogP contribution in [-0.4, -0.2) is 53.1 Å². The van der Waals surface area contributed by atoms with Crippen LogP contribution in [0.15, 0.2) is 35.2 Å². The Kier molecular flexibility index (Phi) is 4.79. The second kappa shape index (κ2) is 6.96. The van der Waals surface area contributed by atoms with Crippen molar-refractivity contribution in [3.63, 3.8) is 0 Å². The molecular formula is C19H19F3N4O3S. The van der Waals surface area contributed by atoms with E-state index < -0.39 is 47.4 Å². The highest BCUT2D eigenvalue weighted by atomic mass is 32.2. The molecule has 1 aromatic heterocycles. The number of H-pyrrole nitrogens is 1. The van der Waals surface area contributed by atoms with Crippen LogP contribution in [0.3, 0.4) is 0 Å². The lowest BCUT2D eigenvalue weighted by molar-refractivity contribution is 0.0161. The van der Waals surface area contributed by atoms with Gasteiger partial charge in [-0.25, -0.2) is 21.6 Å². The number of hydrogen-bond donors (Lipinski definition) is 3. The van der Waals surface area contributed by atoms with Gasteiger partial charge in [0, 0.05) is 12.0 Å². The van der Waals surface area contributed by atoms with E-state index in [1.54, 1.807) is 13.0 Å². The fourth-order valence-electron chi connectivity index (χ4n) is 3.84. The minimum absolute atomic E-state index is 0.00575. The Labute approximate surface area is 170 Å². The maximum absolute atomic E-state index is 15.0. The highest BCUT2D eigenvalue weighted by Crippen LogP contribution is 2.37. The normalized spacial score (nSPS) is 19.6. The van der Waals surface area contributed by atoms with E-state index in [1.807, 2.05) is 0 Å². The summed E-state index contributed by atoms with van der Waals surface area (Å²) in [7, 11) is -4.27. The van der Waals surface area contributed by atoms with Gasteiger partial charge in [0.2, 0.25) is 10.0 Å². The Morgan fingerprint density at radius 3 is 2.67 bits per heavy atom. The molecular weight excluding hydrogens is 421 g/mol. The van der Waals surface area contributed by atoms with Crippen LogP contribution >= 0.6 is 0 Å². The molecule has 2 aromatic carbocycles. The van der Waals surface area contributed by atoms with Gasteiger partial charge in [0.1, 0.15) is 5.82 Å². The summed E-state index contributed by atoms with van der Waals surface area (Å²) in [5.74, 6) is -3.80. The van der Waals surface area contributed by atoms with E-state index in [0.29, 0.717) is 20.9 Å². The number of nitrogens with zero attached hydrogens (tertiary/aromatic N) is 2. The third-order valence-electron chi connectivity index (χ3n) is 5.33. The lowest BCUT2D eigenvalue weighted by Crippen LogP contribution is -2.38. The van der Waals surface area contributed by atoms with Crippen molar-refractivity contribution < 1.29 is 26.7 Å². The smallest absolute Gasteiger partial charge is 0.263 e. The number of nitrogen functional groups attached to an aromatic ring is 1. The maximum atomic E-state index is 15.0. The Morgan fingerprint density at radius 2 is 2.00 bits per heavy atom. The Hall–Kier alpha value is -2.63. The number of alkyl halides is 2. The van der Waals surface area contributed by atoms with Crippen LogP contribution in [0.25, 0.3) is 22.0 Å². The first-order chi connectivity index (χ1) is 14.0. The molecule has 11 heteroatoms. The van der Waals surface area contributed by atoms with Crippen molar-refractivity contribution in [2.45, 2.75) is 30.2 Å². The number of anilines is 1. The molecule has 1 aliphatic rings. The molecule has 0 spiro atoms. The Bertz CT molecular complexity index is 1240. The summed E-state index contributed by atoms with van der Waals surface area (Å²) in [6, 6.07) is 5.90. The fourth-order valence-corrected chi connectivity index (χ4v) is 5.57. The molecule has 0 bridgehead atoms. The number of rotatable bonds is 4. The second-order valence-corrected chi connectivity index (χ2v) is 9.27. The van der Waals surface area contributed by atoms with Crippen LogP contribution < -0.4 is 5.73 Å². The van der Waals surface area contributed by atoms with Gasteiger partial charge in [0.05, 0.1) is 35.0 Å². The number of sulfonamides is 1. The van der Waals surface area contributed by atoms with Crippen LogP contribution in [0.1, 0.15) is 12.0 Å². The predicted octanol–water partition coefficient (Wildman–Crippen LogP) is 2.65. The number of aliphatic hydroxyl groups is 1. The van der Waals surface area contributed by atoms with Crippen molar-refractivity contribution in [1.82, 2.24) is 14.5 Å². The number of nitrogens with one attached hydrogen (secondary N) is 1. The molecule has 1 fully saturated rings. The molecule has 1 atom stereocenters. The molecule has 4 rings (SSSR count). The summed E-state index contributed by atoms with van der Waals surface area (Å²) < 4.78 is 69.0. The van der Waals surface area contributed by atoms with Gasteiger partial charge >= 0.3 is 0 Å². The van der Waals surface area contributed by atoms with Crippen molar-refractivity contribution in [2.24, 2.45) is 0 Å². The van der Waals surface area contributed by atoms with Crippen LogP contribution in [0.5, 0.6) is 0 Å². The minimum atomic E-state index is -4.27. The molecule has 1 unspecified atom stereocenters. The SMILES string of the molecule is Cc1cc(S(=O)(=O)N2CC(F)(F)CC2CO)ccc1-c1ccc2[nH]nc(N)c2c1F. The monoisotopic (exact) mass is 440 g/mol. The fraction of sp³-hybridized carbons (Fsp3) is 0.316. The zero-order valence-corrected chi connectivity index (χ0v) is 16.7. The minimum Gasteiger partial charge on any atom is -0.395 e. The number of hydrogen-bond acceptors (Lipinski definition) is 5. The lowest BCUT2D eigenvalue weighted by atomic mass is 9.98. The molecule has 0 saturated carbocycles. The topological polar surface area (TPSA) is 112 Å². The largest absolute Gasteiger partial charge is 0.395 e. The Balaban J connectivity index is 1.76. The van der Waals surface area contributed by atoms with Gasteiger partial charge in [-0.05, 0) is 42.3 Å². The standard InChI is InChI=1S/C19H19F3N4O3S/c1-10-6-12(30(28,29)26-9-19(21,22)7-11(26)8-27)2-3-13(10)14-4-5-15-16(17(14)20)18(23)25-24-15/h2-6,11,27H,7-9H2,1H3,(H3,23,24,25). The van der Waals surface area contributed by atoms with Gasteiger partial charge in [-0.3, -0.25) is 5.10 Å². The predicted molar refractivity (Wildman–Crippen MR) is 105 cm³/mol. The third-order valence-corrected chi connectivity index (χ3v) is 7.22. The summed E-state index contributed by atoms with van der Waals surface area (Å²) in [5.41, 5.74) is 7.21. The summed E-state index contributed by atoms with van der Waals surface area (Å²) in [4.78, 5) is -0.204. The van der Waals surface area contributed by atoms with E-state index in [1.165, 1.54) is 24.3 Å². The van der Waals surface area contributed by atoms with Crippen molar-refractivity contribution in [3.8, 4) is 11.1 Å². The molecule has 3 aromatic rings. The van der Waals surface area contributed by atoms with E-state index >= 15 is 4.39 Å². The quantitative estimate of drug-likeness (QED) is 0.578. The molecule has 1 aliphatic heterocycles. The van der Waals surface area contributed by atoms with Crippen molar-refractivity contribution in [2.75, 3.05) is 18.9 Å². The lowest BCUT2D eigenvalue weighted by Gasteiger charge is -2.22. The number of fused-ring (bicyclic) bond motifs is 1. The first-order valence-electron chi connectivity index (χ1n) is 9.09. The van der Waals surface area contributed by atoms with Gasteiger partial charge in [-0.2, -0.15) is 9.40 Å². The number of halogens is 3. The number of aliphatic hydroxyl groups excluding tert-OH is 1. The van der Waals surface area contributed by atoms with Gasteiger partial charge < -0.3 is 10.8 Å². The van der Waals surface area contributed by atoms with Crippen LogP contribution in [0.4, 0.5) is 19.0 Å². The molecule has 30 heavy (non-hydrogen) atoms. The molecule has 4 N–H and O–H groups in total. The van der Waals surface area contributed by atoms with Gasteiger partial charge in [-0.15, -0.1) is 0 Å². The zero-order chi connectivity index (χ0) is 21.8. The molecule has 0 amide bonds. The summed E-state index contributed by atoms with van der Waals surface area (Å²) in [6.45, 7) is -0.103. The van der Waals surface area contributed by atoms with Gasteiger partial charge in [-0.1, -0.05) is 6.07 Å². The van der Waals surface area contributed by atoms with E-state index in [2.05, 4.69) is 10.2 Å². The molecule has 1 saturated heterocycles. The number of aryl methyl sites for hydroxylation is 1. The van der Waals surface area contributed by atoms with Crippen LogP contribution in [0.2, 0.25) is 0 Å². The van der Waals surface area contributed by atoms with E-state index in [0.717, 1.165) is 0 Å². The van der Waals surface area contributed by atoms with Gasteiger partial charge in [0.15, 0.2) is 5.82 Å². The first-order valence-corrected chi connectivity index (χ1v) is 10.5. The first kappa shape index (κ1) is 20.6. The molecule has 160 valence electrons. The molecule has 2 heterocycles. The number of benzene rings is 2. The second-order valence-electron chi connectivity index (χ2n) is 7.38. The van der Waals surface area contributed by atoms with Crippen LogP contribution in [0, 0.1) is 12.7 Å². The van der Waals surface area contributed by atoms with Crippen molar-refractivity contribution in [3.05, 3.63) is 41.7 Å². The van der Waals surface area contributed by atoms with E-state index in [-0.39, 0.29) is 21.7 Å². The molecule has 0 aliphatic carbocycles. The molecule has 0 radical (unpaired) electrons. The van der Waals surface area contributed by atoms with E-state index in [4.69, 9.17) is 5.73 Å². The average Bonchev–Trinajstić information content (AvgIpc) is 3.22. The summed E-state index contributed by atoms with van der Waals surface area (Å²) in [5, 5.41) is 15.9. The summed E-state index contributed by atoms with van der Waals surface area (Å²) >= 11 is 0. The highest BCUT2D eigenvalue weighted by Gasteiger charge is 2.49. The van der Waals surface area contributed by atoms with E-state index in [9.17, 15) is 22.3 Å². The number of aromatic amines is 1. The number of aromatic nitrogens is 2. The number of nitrogens with two attached hydrogens (primary N) is 1. The molecule has 7 nitrogen and oxygen atoms in total. The Morgan fingerprint density at radius 1 is 1.30 bits per heavy atom. The third kappa shape index (κ3) is 3.22. The zero-order valence-electron chi connectivity index (χ0n) is 15.9. The van der Waals surface area contributed by atoms with Crippen LogP contribution in [-0.2, 0) is 10.0 Å². The summed E-state index contributed by atoms with van der Waals surface area (Å²) in [6.07, 6.45) is -0.739. The van der Waals surface area contributed by atoms with Gasteiger partial charge in [0.25, 0.3) is 5.92 Å². The highest BCUT2D eigenvalue weighted by molar-refractivity contribution is 7.89. The average molecular weight is 440 g/mol. The maximum Gasteiger partial charge on any atom is 0.263 e. The van der Waals surface area contributed by atoms with Crippen molar-refractivity contribution >= 4 is 26.7 Å².